The zero-order valence-electron chi connectivity index (χ0n) is 74.0. The van der Waals surface area contributed by atoms with Gasteiger partial charge in [-0.1, -0.05) is 425 Å². The fourth-order valence-electron chi connectivity index (χ4n) is 19.4. The second-order valence-corrected chi connectivity index (χ2v) is 34.5. The number of pyridine rings is 3. The lowest BCUT2D eigenvalue weighted by molar-refractivity contribution is 0.670. The minimum absolute atomic E-state index is 0.686. The molecule has 10 heteroatoms. The molecule has 0 aliphatic heterocycles. The van der Waals surface area contributed by atoms with Crippen LogP contribution in [0.1, 0.15) is 0 Å². The molecule has 20 aromatic carbocycles. The largest absolute Gasteiger partial charge is 0.455 e. The van der Waals surface area contributed by atoms with Crippen LogP contribution in [0.25, 0.3) is 266 Å². The van der Waals surface area contributed by atoms with Gasteiger partial charge in [0.15, 0.2) is 17.5 Å². The molecule has 0 radical (unpaired) electrons. The molecule has 7 aromatic heterocycles. The lowest BCUT2D eigenvalue weighted by Gasteiger charge is -2.13. The van der Waals surface area contributed by atoms with E-state index in [-0.39, 0.29) is 0 Å². The molecule has 10 nitrogen and oxygen atoms in total. The van der Waals surface area contributed by atoms with Crippen LogP contribution in [-0.2, 0) is 0 Å². The van der Waals surface area contributed by atoms with Gasteiger partial charge >= 0.3 is 0 Å². The summed E-state index contributed by atoms with van der Waals surface area (Å²) in [6.45, 7) is 0. The second-order valence-electron chi connectivity index (χ2n) is 34.5. The smallest absolute Gasteiger partial charge is 0.160 e. The molecular formula is C127H79N9O. The van der Waals surface area contributed by atoms with E-state index in [0.29, 0.717) is 17.5 Å². The third-order valence-electron chi connectivity index (χ3n) is 26.2. The first-order valence-electron chi connectivity index (χ1n) is 46.1. The summed E-state index contributed by atoms with van der Waals surface area (Å²) in [5.74, 6) is 2.07. The van der Waals surface area contributed by atoms with Gasteiger partial charge < -0.3 is 4.42 Å². The molecule has 0 unspecified atom stereocenters. The number of nitrogens with zero attached hydrogens (tertiary/aromatic N) is 9. The fourth-order valence-corrected chi connectivity index (χ4v) is 19.4. The topological polar surface area (TPSA) is 129 Å². The molecule has 27 aromatic rings. The Labute approximate surface area is 788 Å². The molecule has 0 amide bonds. The summed E-state index contributed by atoms with van der Waals surface area (Å²) in [5.41, 5.74) is 28.7. The molecule has 137 heavy (non-hydrogen) atoms. The monoisotopic (exact) mass is 1750 g/mol. The molecule has 0 saturated heterocycles. The number of aromatic nitrogens is 9. The van der Waals surface area contributed by atoms with Crippen molar-refractivity contribution in [1.82, 2.24) is 44.9 Å². The van der Waals surface area contributed by atoms with Crippen LogP contribution in [0.3, 0.4) is 0 Å². The molecule has 0 aliphatic rings. The first-order valence-corrected chi connectivity index (χ1v) is 46.1. The number of fused-ring (bicyclic) bond motifs is 17. The Kier molecular flexibility index (Phi) is 20.4. The quantitative estimate of drug-likeness (QED) is 0.0861. The number of benzene rings is 20. The van der Waals surface area contributed by atoms with E-state index < -0.39 is 0 Å². The number of hydrogen-bond acceptors (Lipinski definition) is 10. The van der Waals surface area contributed by atoms with Crippen molar-refractivity contribution in [2.75, 3.05) is 0 Å². The average Bonchev–Trinajstić information content (AvgIpc) is 1.53. The van der Waals surface area contributed by atoms with Crippen LogP contribution < -0.4 is 0 Å². The van der Waals surface area contributed by atoms with Crippen molar-refractivity contribution in [3.05, 3.63) is 479 Å². The summed E-state index contributed by atoms with van der Waals surface area (Å²) in [7, 11) is 0. The van der Waals surface area contributed by atoms with Crippen LogP contribution in [0.4, 0.5) is 0 Å². The van der Waals surface area contributed by atoms with Crippen molar-refractivity contribution in [2.45, 2.75) is 0 Å². The minimum Gasteiger partial charge on any atom is -0.455 e. The molecule has 7 heterocycles. The molecule has 0 saturated carbocycles. The van der Waals surface area contributed by atoms with E-state index in [1.807, 2.05) is 133 Å². The van der Waals surface area contributed by atoms with Crippen molar-refractivity contribution in [1.29, 1.82) is 0 Å². The number of para-hydroxylation sites is 2. The van der Waals surface area contributed by atoms with Crippen molar-refractivity contribution in [3.63, 3.8) is 0 Å². The van der Waals surface area contributed by atoms with Gasteiger partial charge in [0.1, 0.15) is 27.7 Å². The van der Waals surface area contributed by atoms with Gasteiger partial charge in [-0.15, -0.1) is 0 Å². The zero-order chi connectivity index (χ0) is 90.6. The van der Waals surface area contributed by atoms with Gasteiger partial charge in [0, 0.05) is 98.7 Å². The summed E-state index contributed by atoms with van der Waals surface area (Å²) in [6, 6.07) is 167. The van der Waals surface area contributed by atoms with E-state index in [2.05, 4.69) is 346 Å². The van der Waals surface area contributed by atoms with Gasteiger partial charge in [0.2, 0.25) is 0 Å². The summed E-state index contributed by atoms with van der Waals surface area (Å²) in [4.78, 5) is 46.2. The lowest BCUT2D eigenvalue weighted by Crippen LogP contribution is -1.97. The van der Waals surface area contributed by atoms with E-state index in [4.69, 9.17) is 49.3 Å². The molecule has 638 valence electrons. The Morgan fingerprint density at radius 3 is 0.891 bits per heavy atom. The zero-order valence-corrected chi connectivity index (χ0v) is 74.0. The Balaban J connectivity index is 0.000000109. The Morgan fingerprint density at radius 2 is 0.453 bits per heavy atom. The first-order chi connectivity index (χ1) is 67.9. The molecule has 0 fully saturated rings. The third-order valence-corrected chi connectivity index (χ3v) is 26.2. The van der Waals surface area contributed by atoms with Crippen LogP contribution in [0.2, 0.25) is 0 Å². The predicted octanol–water partition coefficient (Wildman–Crippen LogP) is 33.1. The maximum absolute atomic E-state index is 6.30. The van der Waals surface area contributed by atoms with Gasteiger partial charge in [0.05, 0.1) is 50.7 Å². The highest BCUT2D eigenvalue weighted by Gasteiger charge is 2.23. The van der Waals surface area contributed by atoms with Crippen LogP contribution in [0, 0.1) is 0 Å². The molecular weight excluding hydrogens is 1670 g/mol. The summed E-state index contributed by atoms with van der Waals surface area (Å²) in [6.07, 6.45) is 0. The minimum atomic E-state index is 0.686. The summed E-state index contributed by atoms with van der Waals surface area (Å²) < 4.78 is 6.30. The molecule has 27 rings (SSSR count). The van der Waals surface area contributed by atoms with Crippen molar-refractivity contribution >= 4 is 130 Å². The average molecular weight is 1750 g/mol. The van der Waals surface area contributed by atoms with Crippen LogP contribution in [0.15, 0.2) is 484 Å². The highest BCUT2D eigenvalue weighted by molar-refractivity contribution is 6.16. The van der Waals surface area contributed by atoms with Crippen LogP contribution in [-0.4, -0.2) is 44.9 Å². The second kappa shape index (κ2) is 34.7. The number of hydrogen-bond donors (Lipinski definition) is 0. The lowest BCUT2D eigenvalue weighted by atomic mass is 9.91. The van der Waals surface area contributed by atoms with Gasteiger partial charge in [-0.25, -0.2) is 44.9 Å². The van der Waals surface area contributed by atoms with Gasteiger partial charge in [-0.3, -0.25) is 0 Å². The van der Waals surface area contributed by atoms with Gasteiger partial charge in [0.25, 0.3) is 0 Å². The number of rotatable bonds is 12. The maximum Gasteiger partial charge on any atom is 0.160 e. The maximum atomic E-state index is 6.30. The van der Waals surface area contributed by atoms with Gasteiger partial charge in [-0.2, -0.15) is 0 Å². The van der Waals surface area contributed by atoms with Crippen LogP contribution in [0.5, 0.6) is 0 Å². The highest BCUT2D eigenvalue weighted by atomic mass is 16.3. The SMILES string of the molecule is c1ccc(-c2nc(-c3ccccc3)c3ccc4ccc(-c5ccc(-c6c7ccccc7cc7ccccc67)cc5)nc4c3n2)cc1.c1ccc(-c2nc(-c3ccccc3)c3ccc4ccc(-c5ccc(-c6ccc7c(ccc8ccccc87)c6)cc5)nc4c3n2)cc1.c1ccc(-c2nc(-c3ccccc3)c3ccc4ccc(-c5ccc(-c6cccc7c6oc6ccccc67)cc5)nc4c3n2)cc1. The van der Waals surface area contributed by atoms with Crippen molar-refractivity contribution in [2.24, 2.45) is 0 Å². The fraction of sp³-hybridized carbons (Fsp3) is 0. The molecule has 0 spiro atoms. The van der Waals surface area contributed by atoms with Gasteiger partial charge in [-0.05, 0) is 126 Å². The van der Waals surface area contributed by atoms with E-state index in [1.165, 1.54) is 65.3 Å². The van der Waals surface area contributed by atoms with E-state index >= 15 is 0 Å². The Hall–Kier alpha value is -18.5. The molecule has 0 aliphatic carbocycles. The standard InChI is InChI=1S/2C43H27N3.C41H25N3O/c1-3-11-30(12-4-1)40-37-25-23-31-24-26-38(44-41(31)42(37)46-43(45-40)32-13-5-2-6-14-32)28-19-21-29(22-20-28)39-35-17-9-7-15-33(35)27-34-16-8-10-18-36(34)39;1-3-10-31(11-4-1)40-38-25-21-32-23-26-39(44-41(32)42(38)46-43(45-40)33-12-5-2-6-13-33)30-18-15-28(16-19-30)34-22-24-37-35(27-34)20-17-29-9-7-8-14-36(29)37;1-3-10-28(11-4-1)37-34-24-22-29-23-25-35(42-38(29)39(34)44-41(43-37)30-12-5-2-6-13-30)27-20-18-26(19-21-27)31-15-9-16-33-32-14-7-8-17-36(32)45-40(31)33/h2*1-27H;1-25H. The Bertz CT molecular complexity index is 9300. The normalized spacial score (nSPS) is 11.5. The third kappa shape index (κ3) is 15.2. The van der Waals surface area contributed by atoms with Crippen molar-refractivity contribution < 1.29 is 4.42 Å². The summed E-state index contributed by atoms with van der Waals surface area (Å²) in [5, 5.41) is 18.4. The van der Waals surface area contributed by atoms with E-state index in [1.54, 1.807) is 0 Å². The molecule has 0 atom stereocenters. The predicted molar refractivity (Wildman–Crippen MR) is 567 cm³/mol. The molecule has 0 bridgehead atoms. The van der Waals surface area contributed by atoms with Crippen molar-refractivity contribution in [3.8, 4) is 135 Å². The van der Waals surface area contributed by atoms with E-state index in [0.717, 1.165) is 183 Å². The first kappa shape index (κ1) is 80.6. The summed E-state index contributed by atoms with van der Waals surface area (Å²) >= 11 is 0. The van der Waals surface area contributed by atoms with Crippen LogP contribution >= 0.6 is 0 Å². The Morgan fingerprint density at radius 1 is 0.146 bits per heavy atom. The molecule has 0 N–H and O–H groups in total. The van der Waals surface area contributed by atoms with E-state index in [9.17, 15) is 0 Å². The highest BCUT2D eigenvalue weighted by Crippen LogP contribution is 2.44. The number of furan rings is 1.